The second kappa shape index (κ2) is 48.9. The molecule has 1 amide bonds. The molecule has 0 bridgehead atoms. The van der Waals surface area contributed by atoms with Gasteiger partial charge >= 0.3 is 0 Å². The molecule has 0 aliphatic heterocycles. The molecular formula is C55H89NO3. The lowest BCUT2D eigenvalue weighted by molar-refractivity contribution is -0.123. The lowest BCUT2D eigenvalue weighted by Crippen LogP contribution is -2.45. The van der Waals surface area contributed by atoms with Gasteiger partial charge in [0.15, 0.2) is 0 Å². The second-order valence-corrected chi connectivity index (χ2v) is 15.4. The fourth-order valence-corrected chi connectivity index (χ4v) is 6.23. The summed E-state index contributed by atoms with van der Waals surface area (Å²) in [5.41, 5.74) is 0. The summed E-state index contributed by atoms with van der Waals surface area (Å²) >= 11 is 0. The van der Waals surface area contributed by atoms with Gasteiger partial charge < -0.3 is 15.5 Å². The normalized spacial score (nSPS) is 14.2. The van der Waals surface area contributed by atoms with Crippen LogP contribution in [0.3, 0.4) is 0 Å². The van der Waals surface area contributed by atoms with Gasteiger partial charge in [-0.15, -0.1) is 0 Å². The van der Waals surface area contributed by atoms with E-state index in [0.717, 1.165) is 96.3 Å². The Hall–Kier alpha value is -3.47. The first-order valence-electron chi connectivity index (χ1n) is 23.9. The molecule has 3 N–H and O–H groups in total. The quantitative estimate of drug-likeness (QED) is 0.0425. The van der Waals surface area contributed by atoms with Crippen molar-refractivity contribution < 1.29 is 15.0 Å². The third kappa shape index (κ3) is 45.5. The zero-order valence-corrected chi connectivity index (χ0v) is 38.0. The van der Waals surface area contributed by atoms with Crippen LogP contribution in [0.1, 0.15) is 187 Å². The molecule has 0 aliphatic rings. The van der Waals surface area contributed by atoms with Crippen molar-refractivity contribution in [2.24, 2.45) is 0 Å². The molecule has 0 saturated carbocycles. The molecule has 0 fully saturated rings. The van der Waals surface area contributed by atoms with Gasteiger partial charge in [0.2, 0.25) is 5.91 Å². The van der Waals surface area contributed by atoms with Crippen molar-refractivity contribution in [3.63, 3.8) is 0 Å². The number of aliphatic hydroxyl groups excluding tert-OH is 2. The maximum absolute atomic E-state index is 12.3. The van der Waals surface area contributed by atoms with Crippen molar-refractivity contribution in [3.05, 3.63) is 134 Å². The summed E-state index contributed by atoms with van der Waals surface area (Å²) in [6.07, 6.45) is 77.4. The number of amides is 1. The van der Waals surface area contributed by atoms with Gasteiger partial charge in [-0.2, -0.15) is 0 Å². The van der Waals surface area contributed by atoms with Crippen LogP contribution in [-0.2, 0) is 4.79 Å². The molecule has 0 heterocycles. The van der Waals surface area contributed by atoms with E-state index in [2.05, 4.69) is 141 Å². The van der Waals surface area contributed by atoms with E-state index in [-0.39, 0.29) is 12.5 Å². The first-order chi connectivity index (χ1) is 29.2. The minimum Gasteiger partial charge on any atom is -0.394 e. The zero-order valence-electron chi connectivity index (χ0n) is 38.0. The summed E-state index contributed by atoms with van der Waals surface area (Å²) < 4.78 is 0. The number of hydrogen-bond acceptors (Lipinski definition) is 3. The maximum Gasteiger partial charge on any atom is 0.220 e. The molecule has 0 aliphatic carbocycles. The average molecular weight is 812 g/mol. The van der Waals surface area contributed by atoms with E-state index in [1.165, 1.54) is 70.6 Å². The molecule has 4 nitrogen and oxygen atoms in total. The van der Waals surface area contributed by atoms with Crippen LogP contribution in [0.4, 0.5) is 0 Å². The van der Waals surface area contributed by atoms with Gasteiger partial charge in [-0.1, -0.05) is 218 Å². The summed E-state index contributed by atoms with van der Waals surface area (Å²) in [5, 5.41) is 22.8. The number of aliphatic hydroxyl groups is 2. The highest BCUT2D eigenvalue weighted by Crippen LogP contribution is 2.13. The van der Waals surface area contributed by atoms with Gasteiger partial charge in [0, 0.05) is 6.42 Å². The van der Waals surface area contributed by atoms with Crippen molar-refractivity contribution in [2.45, 2.75) is 199 Å². The van der Waals surface area contributed by atoms with Crippen LogP contribution in [0.25, 0.3) is 0 Å². The Kier molecular flexibility index (Phi) is 46.0. The summed E-state index contributed by atoms with van der Waals surface area (Å²) in [4.78, 5) is 12.3. The minimum atomic E-state index is -0.868. The van der Waals surface area contributed by atoms with E-state index in [1.54, 1.807) is 6.08 Å². The third-order valence-electron chi connectivity index (χ3n) is 9.87. The van der Waals surface area contributed by atoms with Gasteiger partial charge in [-0.05, 0) is 96.3 Å². The Balaban J connectivity index is 3.60. The van der Waals surface area contributed by atoms with Crippen LogP contribution in [-0.4, -0.2) is 34.9 Å². The molecule has 0 aromatic rings. The van der Waals surface area contributed by atoms with Crippen LogP contribution in [0.15, 0.2) is 134 Å². The second-order valence-electron chi connectivity index (χ2n) is 15.4. The van der Waals surface area contributed by atoms with Crippen molar-refractivity contribution in [1.82, 2.24) is 5.32 Å². The van der Waals surface area contributed by atoms with Crippen molar-refractivity contribution in [3.8, 4) is 0 Å². The van der Waals surface area contributed by atoms with E-state index in [0.29, 0.717) is 6.42 Å². The number of hydrogen-bond donors (Lipinski definition) is 3. The fraction of sp³-hybridized carbons (Fsp3) is 0.582. The number of nitrogens with one attached hydrogen (secondary N) is 1. The van der Waals surface area contributed by atoms with Gasteiger partial charge in [0.05, 0.1) is 18.8 Å². The van der Waals surface area contributed by atoms with E-state index in [1.807, 2.05) is 6.08 Å². The van der Waals surface area contributed by atoms with E-state index in [9.17, 15) is 15.0 Å². The molecule has 4 heteroatoms. The molecule has 0 radical (unpaired) electrons. The van der Waals surface area contributed by atoms with Crippen molar-refractivity contribution >= 4 is 5.91 Å². The topological polar surface area (TPSA) is 69.6 Å². The summed E-state index contributed by atoms with van der Waals surface area (Å²) in [5.74, 6) is -0.0879. The molecule has 0 saturated heterocycles. The Morgan fingerprint density at radius 3 is 1.19 bits per heavy atom. The maximum atomic E-state index is 12.3. The molecule has 59 heavy (non-hydrogen) atoms. The highest BCUT2D eigenvalue weighted by molar-refractivity contribution is 5.76. The molecule has 2 unspecified atom stereocenters. The highest BCUT2D eigenvalue weighted by atomic mass is 16.3. The number of rotatable bonds is 41. The SMILES string of the molecule is CC/C=C\C/C=C\C/C=C\C/C=C\C/C=C\C/C=C\C/C=C\C/C=C\C/C=C\CCCCCCCCCCCCCC(=O)NC(CO)C(O)/C=C/CC/C=C/CCCC. The standard InChI is InChI=1S/C55H89NO3/c1-3-5-7-9-11-13-14-15-16-17-18-19-20-21-22-23-24-25-26-27-28-29-30-31-32-33-34-35-36-37-38-39-40-41-42-43-45-47-49-51-55(59)56-53(52-57)54(58)50-48-46-44-12-10-8-6-4-2/h5,7,10-13,15-16,18-19,21-22,24-25,27-28,30-31,33-34,48,50,53-54,57-58H,3-4,6,8-9,14,17,20,23,26,29,32,35-47,49,51-52H2,1-2H3,(H,56,59)/b7-5-,12-10+,13-11-,16-15-,19-18-,22-21-,25-24-,28-27-,31-30-,34-33-,50-48+. The van der Waals surface area contributed by atoms with Crippen LogP contribution in [0.2, 0.25) is 0 Å². The molecule has 0 aromatic carbocycles. The number of allylic oxidation sites excluding steroid dienone is 21. The lowest BCUT2D eigenvalue weighted by atomic mass is 10.0. The molecule has 0 spiro atoms. The highest BCUT2D eigenvalue weighted by Gasteiger charge is 2.17. The largest absolute Gasteiger partial charge is 0.394 e. The Morgan fingerprint density at radius 1 is 0.424 bits per heavy atom. The minimum absolute atomic E-state index is 0.0879. The number of carbonyl (C=O) groups excluding carboxylic acids is 1. The van der Waals surface area contributed by atoms with Gasteiger partial charge in [0.1, 0.15) is 0 Å². The van der Waals surface area contributed by atoms with Crippen LogP contribution in [0, 0.1) is 0 Å². The number of carbonyl (C=O) groups is 1. The monoisotopic (exact) mass is 812 g/mol. The van der Waals surface area contributed by atoms with Crippen molar-refractivity contribution in [2.75, 3.05) is 6.61 Å². The van der Waals surface area contributed by atoms with Gasteiger partial charge in [0.25, 0.3) is 0 Å². The Labute approximate surface area is 364 Å². The van der Waals surface area contributed by atoms with E-state index in [4.69, 9.17) is 0 Å². The Morgan fingerprint density at radius 2 is 0.763 bits per heavy atom. The van der Waals surface area contributed by atoms with Crippen molar-refractivity contribution in [1.29, 1.82) is 0 Å². The molecule has 0 rings (SSSR count). The average Bonchev–Trinajstić information content (AvgIpc) is 3.24. The molecule has 332 valence electrons. The summed E-state index contributed by atoms with van der Waals surface area (Å²) in [6.45, 7) is 4.09. The summed E-state index contributed by atoms with van der Waals surface area (Å²) in [7, 11) is 0. The predicted molar refractivity (Wildman–Crippen MR) is 262 cm³/mol. The van der Waals surface area contributed by atoms with E-state index >= 15 is 0 Å². The van der Waals surface area contributed by atoms with Crippen LogP contribution in [0.5, 0.6) is 0 Å². The first-order valence-corrected chi connectivity index (χ1v) is 23.9. The number of unbranched alkanes of at least 4 members (excludes halogenated alkanes) is 14. The lowest BCUT2D eigenvalue weighted by Gasteiger charge is -2.19. The third-order valence-corrected chi connectivity index (χ3v) is 9.87. The van der Waals surface area contributed by atoms with Gasteiger partial charge in [-0.3, -0.25) is 4.79 Å². The van der Waals surface area contributed by atoms with E-state index < -0.39 is 12.1 Å². The predicted octanol–water partition coefficient (Wildman–Crippen LogP) is 15.5. The molecule has 2 atom stereocenters. The van der Waals surface area contributed by atoms with Crippen LogP contribution >= 0.6 is 0 Å². The van der Waals surface area contributed by atoms with Crippen LogP contribution < -0.4 is 5.32 Å². The zero-order chi connectivity index (χ0) is 42.8. The van der Waals surface area contributed by atoms with Gasteiger partial charge in [-0.25, -0.2) is 0 Å². The molecule has 0 aromatic heterocycles. The summed E-state index contributed by atoms with van der Waals surface area (Å²) in [6, 6.07) is -0.646. The Bertz CT molecular complexity index is 1240. The molecular weight excluding hydrogens is 723 g/mol. The smallest absolute Gasteiger partial charge is 0.220 e. The fourth-order valence-electron chi connectivity index (χ4n) is 6.23. The first kappa shape index (κ1) is 55.5.